The number of amides is 1. The molecule has 3 heterocycles. The normalized spacial score (nSPS) is 14.4. The summed E-state index contributed by atoms with van der Waals surface area (Å²) in [4.78, 5) is 27.0. The zero-order valence-electron chi connectivity index (χ0n) is 11.1. The molecule has 0 saturated heterocycles. The molecule has 0 unspecified atom stereocenters. The van der Waals surface area contributed by atoms with E-state index >= 15 is 0 Å². The third kappa shape index (κ3) is 3.06. The molecule has 1 N–H and O–H groups in total. The van der Waals surface area contributed by atoms with E-state index in [9.17, 15) is 9.59 Å². The van der Waals surface area contributed by atoms with Crippen LogP contribution in [0.15, 0.2) is 29.0 Å². The van der Waals surface area contributed by atoms with Crippen LogP contribution in [-0.4, -0.2) is 28.4 Å². The van der Waals surface area contributed by atoms with Crippen molar-refractivity contribution in [2.24, 2.45) is 0 Å². The zero-order chi connectivity index (χ0) is 14.8. The summed E-state index contributed by atoms with van der Waals surface area (Å²) in [7, 11) is 0. The molecule has 108 valence electrons. The molecule has 6 heteroatoms. The quantitative estimate of drug-likeness (QED) is 0.884. The van der Waals surface area contributed by atoms with Gasteiger partial charge in [0.15, 0.2) is 0 Å². The highest BCUT2D eigenvalue weighted by Crippen LogP contribution is 2.26. The predicted octanol–water partition coefficient (Wildman–Crippen LogP) is 3.11. The van der Waals surface area contributed by atoms with E-state index in [4.69, 9.17) is 5.11 Å². The fourth-order valence-corrected chi connectivity index (χ4v) is 3.97. The van der Waals surface area contributed by atoms with E-state index in [1.165, 1.54) is 27.9 Å². The van der Waals surface area contributed by atoms with Crippen LogP contribution in [0.3, 0.4) is 0 Å². The maximum Gasteiger partial charge on any atom is 0.328 e. The minimum atomic E-state index is -0.989. The minimum absolute atomic E-state index is 0.0121. The van der Waals surface area contributed by atoms with Gasteiger partial charge in [-0.1, -0.05) is 0 Å². The van der Waals surface area contributed by atoms with Gasteiger partial charge in [0.05, 0.1) is 5.56 Å². The van der Waals surface area contributed by atoms with Crippen molar-refractivity contribution < 1.29 is 14.7 Å². The van der Waals surface area contributed by atoms with Crippen molar-refractivity contribution in [3.05, 3.63) is 49.9 Å². The van der Waals surface area contributed by atoms with Gasteiger partial charge in [-0.25, -0.2) is 4.79 Å². The molecule has 2 aromatic rings. The van der Waals surface area contributed by atoms with Gasteiger partial charge in [0.2, 0.25) is 0 Å². The molecule has 4 nitrogen and oxygen atoms in total. The van der Waals surface area contributed by atoms with Crippen molar-refractivity contribution in [3.63, 3.8) is 0 Å². The van der Waals surface area contributed by atoms with Gasteiger partial charge in [0.1, 0.15) is 0 Å². The first-order valence-electron chi connectivity index (χ1n) is 6.47. The molecular formula is C15H13NO3S2. The van der Waals surface area contributed by atoms with E-state index in [0.717, 1.165) is 23.9 Å². The average molecular weight is 319 g/mol. The summed E-state index contributed by atoms with van der Waals surface area (Å²) in [6, 6.07) is 3.82. The number of carboxylic acids is 1. The molecule has 0 fully saturated rings. The first-order valence-corrected chi connectivity index (χ1v) is 8.23. The number of aliphatic carboxylic acids is 1. The second-order valence-electron chi connectivity index (χ2n) is 4.76. The Kier molecular flexibility index (Phi) is 3.90. The van der Waals surface area contributed by atoms with Crippen LogP contribution in [0.25, 0.3) is 6.08 Å². The van der Waals surface area contributed by atoms with Gasteiger partial charge in [0.25, 0.3) is 5.91 Å². The minimum Gasteiger partial charge on any atom is -0.478 e. The van der Waals surface area contributed by atoms with E-state index in [1.54, 1.807) is 22.8 Å². The van der Waals surface area contributed by atoms with Crippen molar-refractivity contribution in [1.29, 1.82) is 0 Å². The maximum atomic E-state index is 12.5. The molecule has 2 aromatic heterocycles. The molecule has 0 radical (unpaired) electrons. The number of rotatable bonds is 3. The molecule has 1 amide bonds. The van der Waals surface area contributed by atoms with Crippen LogP contribution in [0.4, 0.5) is 0 Å². The van der Waals surface area contributed by atoms with Gasteiger partial charge in [-0.15, -0.1) is 22.7 Å². The summed E-state index contributed by atoms with van der Waals surface area (Å²) in [5.74, 6) is -0.977. The summed E-state index contributed by atoms with van der Waals surface area (Å²) in [6.07, 6.45) is 3.50. The summed E-state index contributed by atoms with van der Waals surface area (Å²) in [5.41, 5.74) is 1.87. The van der Waals surface area contributed by atoms with Crippen molar-refractivity contribution in [2.75, 3.05) is 6.54 Å². The Hall–Kier alpha value is -1.92. The fourth-order valence-electron chi connectivity index (χ4n) is 2.31. The Morgan fingerprint density at radius 3 is 3.00 bits per heavy atom. The highest BCUT2D eigenvalue weighted by molar-refractivity contribution is 7.11. The van der Waals surface area contributed by atoms with Gasteiger partial charge in [-0.05, 0) is 35.6 Å². The second kappa shape index (κ2) is 5.83. The summed E-state index contributed by atoms with van der Waals surface area (Å²) in [5, 5.41) is 12.5. The first-order chi connectivity index (χ1) is 10.1. The summed E-state index contributed by atoms with van der Waals surface area (Å²) < 4.78 is 0. The van der Waals surface area contributed by atoms with Crippen LogP contribution < -0.4 is 0 Å². The predicted molar refractivity (Wildman–Crippen MR) is 83.8 cm³/mol. The van der Waals surface area contributed by atoms with E-state index in [2.05, 4.69) is 11.4 Å². The summed E-state index contributed by atoms with van der Waals surface area (Å²) >= 11 is 3.12. The fraction of sp³-hybridized carbons (Fsp3) is 0.200. The van der Waals surface area contributed by atoms with E-state index in [-0.39, 0.29) is 5.91 Å². The highest BCUT2D eigenvalue weighted by Gasteiger charge is 2.22. The van der Waals surface area contributed by atoms with Crippen LogP contribution in [0.2, 0.25) is 0 Å². The van der Waals surface area contributed by atoms with Gasteiger partial charge in [-0.3, -0.25) is 4.79 Å². The molecule has 3 rings (SSSR count). The van der Waals surface area contributed by atoms with Crippen molar-refractivity contribution >= 4 is 40.6 Å². The Balaban J connectivity index is 1.73. The number of hydrogen-bond acceptors (Lipinski definition) is 4. The number of thiophene rings is 2. The number of carbonyl (C=O) groups is 2. The second-order valence-corrected chi connectivity index (χ2v) is 6.70. The van der Waals surface area contributed by atoms with Gasteiger partial charge in [-0.2, -0.15) is 0 Å². The van der Waals surface area contributed by atoms with E-state index in [1.807, 2.05) is 4.90 Å². The third-order valence-corrected chi connectivity index (χ3v) is 5.27. The molecular weight excluding hydrogens is 306 g/mol. The molecule has 21 heavy (non-hydrogen) atoms. The lowest BCUT2D eigenvalue weighted by Crippen LogP contribution is -2.35. The molecule has 1 aliphatic heterocycles. The number of fused-ring (bicyclic) bond motifs is 1. The SMILES string of the molecule is O=C(O)C=Cc1cc(C(=O)N2CCc3sccc3C2)cs1. The smallest absolute Gasteiger partial charge is 0.328 e. The van der Waals surface area contributed by atoms with Crippen LogP contribution in [0.1, 0.15) is 25.7 Å². The largest absolute Gasteiger partial charge is 0.478 e. The lowest BCUT2D eigenvalue weighted by Gasteiger charge is -2.26. The zero-order valence-corrected chi connectivity index (χ0v) is 12.7. The molecule has 0 atom stereocenters. The topological polar surface area (TPSA) is 57.6 Å². The van der Waals surface area contributed by atoms with Gasteiger partial charge in [0, 0.05) is 34.3 Å². The van der Waals surface area contributed by atoms with Gasteiger partial charge < -0.3 is 10.0 Å². The van der Waals surface area contributed by atoms with E-state index < -0.39 is 5.97 Å². The number of carbonyl (C=O) groups excluding carboxylic acids is 1. The lowest BCUT2D eigenvalue weighted by molar-refractivity contribution is -0.131. The van der Waals surface area contributed by atoms with Crippen LogP contribution >= 0.6 is 22.7 Å². The number of nitrogens with zero attached hydrogens (tertiary/aromatic N) is 1. The van der Waals surface area contributed by atoms with Crippen molar-refractivity contribution in [1.82, 2.24) is 4.90 Å². The molecule has 1 aliphatic rings. The first kappa shape index (κ1) is 14.0. The average Bonchev–Trinajstić information content (AvgIpc) is 3.12. The molecule has 0 spiro atoms. The van der Waals surface area contributed by atoms with Gasteiger partial charge >= 0.3 is 5.97 Å². The Labute approximate surface area is 130 Å². The van der Waals surface area contributed by atoms with Crippen molar-refractivity contribution in [2.45, 2.75) is 13.0 Å². The monoisotopic (exact) mass is 319 g/mol. The molecule has 0 saturated carbocycles. The highest BCUT2D eigenvalue weighted by atomic mass is 32.1. The lowest BCUT2D eigenvalue weighted by atomic mass is 10.1. The van der Waals surface area contributed by atoms with Crippen LogP contribution in [0.5, 0.6) is 0 Å². The third-order valence-electron chi connectivity index (χ3n) is 3.35. The number of hydrogen-bond donors (Lipinski definition) is 1. The molecule has 0 bridgehead atoms. The Bertz CT molecular complexity index is 714. The Morgan fingerprint density at radius 2 is 2.19 bits per heavy atom. The molecule has 0 aromatic carbocycles. The summed E-state index contributed by atoms with van der Waals surface area (Å²) in [6.45, 7) is 1.40. The van der Waals surface area contributed by atoms with Crippen molar-refractivity contribution in [3.8, 4) is 0 Å². The van der Waals surface area contributed by atoms with Crippen LogP contribution in [-0.2, 0) is 17.8 Å². The number of carboxylic acid groups (broad SMARTS) is 1. The Morgan fingerprint density at radius 1 is 1.33 bits per heavy atom. The van der Waals surface area contributed by atoms with Crippen LogP contribution in [0, 0.1) is 0 Å². The van der Waals surface area contributed by atoms with E-state index in [0.29, 0.717) is 12.1 Å². The standard InChI is InChI=1S/C15H13NO3S2/c17-14(18)2-1-12-7-11(9-21-12)15(19)16-5-3-13-10(8-16)4-6-20-13/h1-2,4,6-7,9H,3,5,8H2,(H,17,18). The maximum absolute atomic E-state index is 12.5. The molecule has 0 aliphatic carbocycles.